The maximum atomic E-state index is 13.1. The van der Waals surface area contributed by atoms with Gasteiger partial charge in [-0.3, -0.25) is 9.59 Å². The van der Waals surface area contributed by atoms with Crippen LogP contribution in [0.25, 0.3) is 0 Å². The van der Waals surface area contributed by atoms with Crippen LogP contribution in [0.2, 0.25) is 0 Å². The van der Waals surface area contributed by atoms with E-state index in [1.54, 1.807) is 17.0 Å². The number of amides is 2. The molecule has 0 saturated carbocycles. The topological polar surface area (TPSA) is 49.4 Å². The minimum atomic E-state index is -0.249. The van der Waals surface area contributed by atoms with Gasteiger partial charge in [0.05, 0.1) is 6.04 Å². The summed E-state index contributed by atoms with van der Waals surface area (Å²) in [4.78, 5) is 26.9. The second-order valence-electron chi connectivity index (χ2n) is 7.43. The van der Waals surface area contributed by atoms with E-state index < -0.39 is 0 Å². The zero-order valence-corrected chi connectivity index (χ0v) is 16.5. The minimum absolute atomic E-state index is 0.115. The van der Waals surface area contributed by atoms with Crippen LogP contribution in [0.4, 0.5) is 5.69 Å². The summed E-state index contributed by atoms with van der Waals surface area (Å²) in [6.45, 7) is 2.75. The summed E-state index contributed by atoms with van der Waals surface area (Å²) < 4.78 is 0. The molecule has 29 heavy (non-hydrogen) atoms. The van der Waals surface area contributed by atoms with E-state index in [-0.39, 0.29) is 17.9 Å². The van der Waals surface area contributed by atoms with Gasteiger partial charge in [-0.25, -0.2) is 0 Å². The van der Waals surface area contributed by atoms with Gasteiger partial charge in [0.15, 0.2) is 0 Å². The first-order chi connectivity index (χ1) is 14.1. The Morgan fingerprint density at radius 2 is 1.66 bits per heavy atom. The SMILES string of the molecule is Cc1ccc([C@@H](NC(=O)c2cccc(N3CCCC3=O)c2)c2ccccc2)cc1. The van der Waals surface area contributed by atoms with E-state index in [2.05, 4.69) is 17.4 Å². The normalized spacial score (nSPS) is 14.7. The quantitative estimate of drug-likeness (QED) is 0.697. The van der Waals surface area contributed by atoms with Gasteiger partial charge in [0.25, 0.3) is 5.91 Å². The fraction of sp³-hybridized carbons (Fsp3) is 0.200. The molecule has 1 fully saturated rings. The molecule has 1 N–H and O–H groups in total. The molecule has 146 valence electrons. The van der Waals surface area contributed by atoms with Crippen molar-refractivity contribution < 1.29 is 9.59 Å². The standard InChI is InChI=1S/C25H24N2O2/c1-18-12-14-20(15-13-18)24(19-7-3-2-4-8-19)26-25(29)21-9-5-10-22(17-21)27-16-6-11-23(27)28/h2-5,7-10,12-15,17,24H,6,11,16H2,1H3,(H,26,29)/t24-/m0/s1. The third kappa shape index (κ3) is 4.21. The first kappa shape index (κ1) is 18.9. The van der Waals surface area contributed by atoms with Gasteiger partial charge in [0.1, 0.15) is 0 Å². The second-order valence-corrected chi connectivity index (χ2v) is 7.43. The molecule has 1 aliphatic rings. The molecule has 0 unspecified atom stereocenters. The molecule has 2 amide bonds. The van der Waals surface area contributed by atoms with Crippen molar-refractivity contribution in [2.45, 2.75) is 25.8 Å². The van der Waals surface area contributed by atoms with Gasteiger partial charge in [-0.05, 0) is 42.7 Å². The molecule has 4 nitrogen and oxygen atoms in total. The second kappa shape index (κ2) is 8.31. The van der Waals surface area contributed by atoms with Crippen LogP contribution in [-0.4, -0.2) is 18.4 Å². The maximum absolute atomic E-state index is 13.1. The molecule has 0 aliphatic carbocycles. The molecule has 3 aromatic rings. The Labute approximate surface area is 171 Å². The molecule has 1 aliphatic heterocycles. The average Bonchev–Trinajstić information content (AvgIpc) is 3.19. The fourth-order valence-electron chi connectivity index (χ4n) is 3.71. The number of anilines is 1. The summed E-state index contributed by atoms with van der Waals surface area (Å²) in [5, 5.41) is 3.17. The minimum Gasteiger partial charge on any atom is -0.341 e. The van der Waals surface area contributed by atoms with E-state index in [1.807, 2.05) is 61.5 Å². The fourth-order valence-corrected chi connectivity index (χ4v) is 3.71. The first-order valence-electron chi connectivity index (χ1n) is 9.94. The van der Waals surface area contributed by atoms with Gasteiger partial charge in [-0.1, -0.05) is 66.2 Å². The number of hydrogen-bond acceptors (Lipinski definition) is 2. The molecule has 1 saturated heterocycles. The van der Waals surface area contributed by atoms with Crippen molar-refractivity contribution in [2.75, 3.05) is 11.4 Å². The Hall–Kier alpha value is -3.40. The Balaban J connectivity index is 1.61. The molecular weight excluding hydrogens is 360 g/mol. The van der Waals surface area contributed by atoms with Gasteiger partial charge in [0, 0.05) is 24.2 Å². The first-order valence-corrected chi connectivity index (χ1v) is 9.94. The van der Waals surface area contributed by atoms with Crippen LogP contribution in [0.5, 0.6) is 0 Å². The number of nitrogens with one attached hydrogen (secondary N) is 1. The monoisotopic (exact) mass is 384 g/mol. The van der Waals surface area contributed by atoms with Crippen LogP contribution in [0.1, 0.15) is 45.9 Å². The molecule has 0 spiro atoms. The van der Waals surface area contributed by atoms with Crippen LogP contribution in [0.15, 0.2) is 78.9 Å². The van der Waals surface area contributed by atoms with E-state index in [0.29, 0.717) is 18.5 Å². The van der Waals surface area contributed by atoms with Gasteiger partial charge in [-0.2, -0.15) is 0 Å². The lowest BCUT2D eigenvalue weighted by Gasteiger charge is -2.21. The summed E-state index contributed by atoms with van der Waals surface area (Å²) in [5.74, 6) is -0.0442. The lowest BCUT2D eigenvalue weighted by molar-refractivity contribution is -0.117. The molecule has 4 rings (SSSR count). The van der Waals surface area contributed by atoms with Crippen LogP contribution < -0.4 is 10.2 Å². The highest BCUT2D eigenvalue weighted by Crippen LogP contribution is 2.25. The largest absolute Gasteiger partial charge is 0.341 e. The van der Waals surface area contributed by atoms with Crippen molar-refractivity contribution in [3.05, 3.63) is 101 Å². The molecule has 3 aromatic carbocycles. The van der Waals surface area contributed by atoms with Crippen molar-refractivity contribution in [1.82, 2.24) is 5.32 Å². The molecule has 1 atom stereocenters. The zero-order valence-electron chi connectivity index (χ0n) is 16.5. The zero-order chi connectivity index (χ0) is 20.2. The Morgan fingerprint density at radius 3 is 2.34 bits per heavy atom. The molecule has 0 radical (unpaired) electrons. The van der Waals surface area contributed by atoms with Crippen molar-refractivity contribution in [1.29, 1.82) is 0 Å². The van der Waals surface area contributed by atoms with Crippen molar-refractivity contribution in [3.8, 4) is 0 Å². The van der Waals surface area contributed by atoms with Gasteiger partial charge < -0.3 is 10.2 Å². The average molecular weight is 384 g/mol. The lowest BCUT2D eigenvalue weighted by atomic mass is 9.97. The number of benzene rings is 3. The summed E-state index contributed by atoms with van der Waals surface area (Å²) in [5.41, 5.74) is 4.56. The predicted octanol–water partition coefficient (Wildman–Crippen LogP) is 4.64. The van der Waals surface area contributed by atoms with E-state index in [1.165, 1.54) is 5.56 Å². The van der Waals surface area contributed by atoms with Crippen LogP contribution in [-0.2, 0) is 4.79 Å². The highest BCUT2D eigenvalue weighted by Gasteiger charge is 2.23. The van der Waals surface area contributed by atoms with Gasteiger partial charge in [0.2, 0.25) is 5.91 Å². The Kier molecular flexibility index (Phi) is 5.43. The highest BCUT2D eigenvalue weighted by atomic mass is 16.2. The molecular formula is C25H24N2O2. The number of rotatable bonds is 5. The molecule has 4 heteroatoms. The van der Waals surface area contributed by atoms with E-state index in [9.17, 15) is 9.59 Å². The van der Waals surface area contributed by atoms with E-state index >= 15 is 0 Å². The summed E-state index contributed by atoms with van der Waals surface area (Å²) >= 11 is 0. The number of nitrogens with zero attached hydrogens (tertiary/aromatic N) is 1. The summed E-state index contributed by atoms with van der Waals surface area (Å²) in [7, 11) is 0. The van der Waals surface area contributed by atoms with Gasteiger partial charge >= 0.3 is 0 Å². The number of carbonyl (C=O) groups is 2. The molecule has 0 bridgehead atoms. The van der Waals surface area contributed by atoms with Crippen LogP contribution in [0, 0.1) is 6.92 Å². The highest BCUT2D eigenvalue weighted by molar-refractivity contribution is 5.99. The summed E-state index contributed by atoms with van der Waals surface area (Å²) in [6.07, 6.45) is 1.43. The van der Waals surface area contributed by atoms with E-state index in [4.69, 9.17) is 0 Å². The van der Waals surface area contributed by atoms with E-state index in [0.717, 1.165) is 23.2 Å². The summed E-state index contributed by atoms with van der Waals surface area (Å²) in [6, 6.07) is 25.2. The van der Waals surface area contributed by atoms with Crippen molar-refractivity contribution in [3.63, 3.8) is 0 Å². The predicted molar refractivity (Wildman–Crippen MR) is 115 cm³/mol. The van der Waals surface area contributed by atoms with Crippen LogP contribution >= 0.6 is 0 Å². The Morgan fingerprint density at radius 1 is 0.931 bits per heavy atom. The number of hydrogen-bond donors (Lipinski definition) is 1. The number of aryl methyl sites for hydroxylation is 1. The van der Waals surface area contributed by atoms with Gasteiger partial charge in [-0.15, -0.1) is 0 Å². The lowest BCUT2D eigenvalue weighted by Crippen LogP contribution is -2.30. The smallest absolute Gasteiger partial charge is 0.252 e. The third-order valence-corrected chi connectivity index (χ3v) is 5.31. The molecule has 0 aromatic heterocycles. The number of carbonyl (C=O) groups excluding carboxylic acids is 2. The molecule has 1 heterocycles. The third-order valence-electron chi connectivity index (χ3n) is 5.31. The van der Waals surface area contributed by atoms with Crippen LogP contribution in [0.3, 0.4) is 0 Å². The van der Waals surface area contributed by atoms with Crippen molar-refractivity contribution >= 4 is 17.5 Å². The Bertz CT molecular complexity index is 1010. The maximum Gasteiger partial charge on any atom is 0.252 e. The van der Waals surface area contributed by atoms with Crippen molar-refractivity contribution in [2.24, 2.45) is 0 Å².